The lowest BCUT2D eigenvalue weighted by molar-refractivity contribution is -0.120. The van der Waals surface area contributed by atoms with Crippen molar-refractivity contribution in [3.8, 4) is 0 Å². The van der Waals surface area contributed by atoms with Crippen LogP contribution in [-0.4, -0.2) is 12.1 Å². The van der Waals surface area contributed by atoms with Gasteiger partial charge in [-0.3, -0.25) is 4.79 Å². The molecule has 102 valence electrons. The van der Waals surface area contributed by atoms with Crippen LogP contribution in [0.5, 0.6) is 0 Å². The molecule has 0 radical (unpaired) electrons. The van der Waals surface area contributed by atoms with Crippen molar-refractivity contribution in [2.24, 2.45) is 5.10 Å². The molecule has 1 N–H and O–H groups in total. The van der Waals surface area contributed by atoms with E-state index in [1.54, 1.807) is 30.5 Å². The van der Waals surface area contributed by atoms with Gasteiger partial charge >= 0.3 is 0 Å². The number of benzene rings is 2. The van der Waals surface area contributed by atoms with Gasteiger partial charge in [0.1, 0.15) is 0 Å². The topological polar surface area (TPSA) is 41.5 Å². The first-order valence-electron chi connectivity index (χ1n) is 5.95. The lowest BCUT2D eigenvalue weighted by atomic mass is 10.1. The summed E-state index contributed by atoms with van der Waals surface area (Å²) in [4.78, 5) is 11.7. The van der Waals surface area contributed by atoms with Crippen molar-refractivity contribution in [3.05, 3.63) is 69.7 Å². The SMILES string of the molecule is O=C(Cc1ccc(Cl)cc1)NN=Cc1cccc(Cl)c1. The number of hydrogen-bond acceptors (Lipinski definition) is 2. The molecule has 0 aliphatic carbocycles. The van der Waals surface area contributed by atoms with Gasteiger partial charge in [-0.2, -0.15) is 5.10 Å². The van der Waals surface area contributed by atoms with E-state index in [4.69, 9.17) is 23.2 Å². The fraction of sp³-hybridized carbons (Fsp3) is 0.0667. The summed E-state index contributed by atoms with van der Waals surface area (Å²) in [5, 5.41) is 5.16. The first kappa shape index (κ1) is 14.6. The Morgan fingerprint density at radius 1 is 1.10 bits per heavy atom. The molecule has 20 heavy (non-hydrogen) atoms. The molecule has 0 aliphatic rings. The normalized spacial score (nSPS) is 10.7. The second kappa shape index (κ2) is 7.08. The zero-order chi connectivity index (χ0) is 14.4. The van der Waals surface area contributed by atoms with Gasteiger partial charge in [-0.05, 0) is 35.4 Å². The zero-order valence-electron chi connectivity index (χ0n) is 10.5. The summed E-state index contributed by atoms with van der Waals surface area (Å²) >= 11 is 11.6. The number of nitrogens with zero attached hydrogens (tertiary/aromatic N) is 1. The molecule has 0 saturated heterocycles. The van der Waals surface area contributed by atoms with Gasteiger partial charge in [0.25, 0.3) is 0 Å². The number of nitrogens with one attached hydrogen (secondary N) is 1. The highest BCUT2D eigenvalue weighted by molar-refractivity contribution is 6.31. The molecule has 2 aromatic carbocycles. The largest absolute Gasteiger partial charge is 0.273 e. The molecule has 0 bridgehead atoms. The van der Waals surface area contributed by atoms with E-state index >= 15 is 0 Å². The number of amides is 1. The molecule has 0 aromatic heterocycles. The van der Waals surface area contributed by atoms with Crippen LogP contribution < -0.4 is 5.43 Å². The molecule has 0 fully saturated rings. The molecule has 0 unspecified atom stereocenters. The number of carbonyl (C=O) groups excluding carboxylic acids is 1. The van der Waals surface area contributed by atoms with Crippen LogP contribution in [0, 0.1) is 0 Å². The smallest absolute Gasteiger partial charge is 0.244 e. The lowest BCUT2D eigenvalue weighted by Gasteiger charge is -2.00. The third-order valence-corrected chi connectivity index (χ3v) is 3.02. The average molecular weight is 307 g/mol. The Morgan fingerprint density at radius 2 is 1.85 bits per heavy atom. The minimum atomic E-state index is -0.189. The molecule has 0 heterocycles. The van der Waals surface area contributed by atoms with Crippen LogP contribution in [-0.2, 0) is 11.2 Å². The van der Waals surface area contributed by atoms with Gasteiger partial charge in [-0.1, -0.05) is 47.5 Å². The quantitative estimate of drug-likeness (QED) is 0.679. The molecule has 0 saturated carbocycles. The highest BCUT2D eigenvalue weighted by atomic mass is 35.5. The molecule has 1 amide bonds. The number of hydrazone groups is 1. The van der Waals surface area contributed by atoms with Crippen molar-refractivity contribution in [2.45, 2.75) is 6.42 Å². The monoisotopic (exact) mass is 306 g/mol. The van der Waals surface area contributed by atoms with Crippen LogP contribution in [0.3, 0.4) is 0 Å². The van der Waals surface area contributed by atoms with E-state index in [2.05, 4.69) is 10.5 Å². The average Bonchev–Trinajstić information content (AvgIpc) is 2.41. The van der Waals surface area contributed by atoms with Crippen molar-refractivity contribution >= 4 is 35.3 Å². The Labute approximate surface area is 127 Å². The van der Waals surface area contributed by atoms with Gasteiger partial charge in [-0.25, -0.2) is 5.43 Å². The van der Waals surface area contributed by atoms with E-state index in [0.29, 0.717) is 10.0 Å². The molecule has 0 atom stereocenters. The van der Waals surface area contributed by atoms with Gasteiger partial charge in [0, 0.05) is 10.0 Å². The summed E-state index contributed by atoms with van der Waals surface area (Å²) in [5.74, 6) is -0.189. The lowest BCUT2D eigenvalue weighted by Crippen LogP contribution is -2.19. The summed E-state index contributed by atoms with van der Waals surface area (Å²) in [6.07, 6.45) is 1.80. The Kier molecular flexibility index (Phi) is 5.16. The highest BCUT2D eigenvalue weighted by Crippen LogP contribution is 2.10. The Morgan fingerprint density at radius 3 is 2.55 bits per heavy atom. The Hall–Kier alpha value is -1.84. The van der Waals surface area contributed by atoms with Gasteiger partial charge in [0.15, 0.2) is 0 Å². The summed E-state index contributed by atoms with van der Waals surface area (Å²) in [6.45, 7) is 0. The maximum atomic E-state index is 11.7. The standard InChI is InChI=1S/C15H12Cl2N2O/c16-13-6-4-11(5-7-13)9-15(20)19-18-10-12-2-1-3-14(17)8-12/h1-8,10H,9H2,(H,19,20). The van der Waals surface area contributed by atoms with E-state index in [0.717, 1.165) is 11.1 Å². The number of halogens is 2. The number of carbonyl (C=O) groups is 1. The van der Waals surface area contributed by atoms with Crippen LogP contribution in [0.1, 0.15) is 11.1 Å². The minimum Gasteiger partial charge on any atom is -0.273 e. The first-order chi connectivity index (χ1) is 9.63. The predicted molar refractivity (Wildman–Crippen MR) is 82.3 cm³/mol. The third kappa shape index (κ3) is 4.68. The van der Waals surface area contributed by atoms with Gasteiger partial charge in [0.2, 0.25) is 5.91 Å². The van der Waals surface area contributed by atoms with Crippen LogP contribution >= 0.6 is 23.2 Å². The van der Waals surface area contributed by atoms with Crippen LogP contribution in [0.2, 0.25) is 10.0 Å². The van der Waals surface area contributed by atoms with E-state index < -0.39 is 0 Å². The molecule has 3 nitrogen and oxygen atoms in total. The van der Waals surface area contributed by atoms with Gasteiger partial charge in [0.05, 0.1) is 12.6 Å². The van der Waals surface area contributed by atoms with E-state index in [1.165, 1.54) is 0 Å². The summed E-state index contributed by atoms with van der Waals surface area (Å²) < 4.78 is 0. The maximum Gasteiger partial charge on any atom is 0.244 e. The van der Waals surface area contributed by atoms with Crippen molar-refractivity contribution in [1.82, 2.24) is 5.43 Å². The Balaban J connectivity index is 1.87. The molecular formula is C15H12Cl2N2O. The second-order valence-electron chi connectivity index (χ2n) is 4.15. The van der Waals surface area contributed by atoms with Crippen molar-refractivity contribution in [3.63, 3.8) is 0 Å². The van der Waals surface area contributed by atoms with Crippen molar-refractivity contribution in [2.75, 3.05) is 0 Å². The fourth-order valence-corrected chi connectivity index (χ4v) is 1.92. The molecule has 5 heteroatoms. The number of hydrogen-bond donors (Lipinski definition) is 1. The third-order valence-electron chi connectivity index (χ3n) is 2.53. The van der Waals surface area contributed by atoms with E-state index in [9.17, 15) is 4.79 Å². The minimum absolute atomic E-state index is 0.189. The van der Waals surface area contributed by atoms with E-state index in [1.807, 2.05) is 24.3 Å². The zero-order valence-corrected chi connectivity index (χ0v) is 12.0. The molecule has 2 aromatic rings. The van der Waals surface area contributed by atoms with E-state index in [-0.39, 0.29) is 12.3 Å². The van der Waals surface area contributed by atoms with Crippen molar-refractivity contribution < 1.29 is 4.79 Å². The van der Waals surface area contributed by atoms with Gasteiger partial charge < -0.3 is 0 Å². The van der Waals surface area contributed by atoms with Gasteiger partial charge in [-0.15, -0.1) is 0 Å². The number of rotatable bonds is 4. The van der Waals surface area contributed by atoms with Crippen molar-refractivity contribution in [1.29, 1.82) is 0 Å². The van der Waals surface area contributed by atoms with Crippen LogP contribution in [0.15, 0.2) is 53.6 Å². The first-order valence-corrected chi connectivity index (χ1v) is 6.71. The highest BCUT2D eigenvalue weighted by Gasteiger charge is 2.01. The van der Waals surface area contributed by atoms with Crippen LogP contribution in [0.4, 0.5) is 0 Å². The Bertz CT molecular complexity index is 624. The maximum absolute atomic E-state index is 11.7. The summed E-state index contributed by atoms with van der Waals surface area (Å²) in [6, 6.07) is 14.3. The summed E-state index contributed by atoms with van der Waals surface area (Å²) in [7, 11) is 0. The molecule has 0 aliphatic heterocycles. The van der Waals surface area contributed by atoms with Crippen LogP contribution in [0.25, 0.3) is 0 Å². The molecule has 0 spiro atoms. The fourth-order valence-electron chi connectivity index (χ4n) is 1.59. The summed E-state index contributed by atoms with van der Waals surface area (Å²) in [5.41, 5.74) is 4.17. The predicted octanol–water partition coefficient (Wildman–Crippen LogP) is 3.69. The molecule has 2 rings (SSSR count). The second-order valence-corrected chi connectivity index (χ2v) is 5.02. The molecular weight excluding hydrogens is 295 g/mol.